The number of aryl methyl sites for hydroxylation is 2. The highest BCUT2D eigenvalue weighted by molar-refractivity contribution is 5.85. The summed E-state index contributed by atoms with van der Waals surface area (Å²) in [6.07, 6.45) is 1.62. The molecule has 2 unspecified atom stereocenters. The zero-order valence-electron chi connectivity index (χ0n) is 20.2. The van der Waals surface area contributed by atoms with E-state index in [4.69, 9.17) is 0 Å². The van der Waals surface area contributed by atoms with Crippen LogP contribution in [0.15, 0.2) is 72.8 Å². The maximum absolute atomic E-state index is 13.7. The zero-order chi connectivity index (χ0) is 23.8. The average Bonchev–Trinajstić information content (AvgIpc) is 3.09. The van der Waals surface area contributed by atoms with Crippen LogP contribution >= 0.6 is 0 Å². The van der Waals surface area contributed by atoms with Gasteiger partial charge in [0.05, 0.1) is 17.1 Å². The van der Waals surface area contributed by atoms with Crippen LogP contribution < -0.4 is 5.62 Å². The third kappa shape index (κ3) is 3.96. The number of nitrogens with zero attached hydrogens (tertiary/aromatic N) is 3. The number of aromatic nitrogens is 2. The molecule has 1 aromatic heterocycles. The van der Waals surface area contributed by atoms with Crippen LogP contribution in [0.4, 0.5) is 0 Å². The predicted molar refractivity (Wildman–Crippen MR) is 136 cm³/mol. The van der Waals surface area contributed by atoms with E-state index in [1.165, 1.54) is 11.1 Å². The lowest BCUT2D eigenvalue weighted by molar-refractivity contribution is -0.138. The van der Waals surface area contributed by atoms with Gasteiger partial charge in [0.15, 0.2) is 0 Å². The fourth-order valence-electron chi connectivity index (χ4n) is 4.90. The summed E-state index contributed by atoms with van der Waals surface area (Å²) in [6, 6.07) is 24.5. The van der Waals surface area contributed by atoms with Gasteiger partial charge in [-0.3, -0.25) is 14.8 Å². The minimum Gasteiger partial charge on any atom is -0.341 e. The number of likely N-dealkylation sites (tertiary alicyclic amines) is 1. The van der Waals surface area contributed by atoms with E-state index in [-0.39, 0.29) is 11.9 Å². The molecule has 5 heteroatoms. The highest BCUT2D eigenvalue weighted by Crippen LogP contribution is 2.28. The number of amides is 1. The number of carbonyl (C=O) groups excluding carboxylic acids is 1. The van der Waals surface area contributed by atoms with Crippen LogP contribution in [0.25, 0.3) is 11.0 Å². The topological polar surface area (TPSA) is 54.0 Å². The summed E-state index contributed by atoms with van der Waals surface area (Å²) in [4.78, 5) is 15.6. The summed E-state index contributed by atoms with van der Waals surface area (Å²) in [5, 5.41) is 9.29. The Morgan fingerprint density at radius 2 is 1.41 bits per heavy atom. The molecule has 0 spiro atoms. The van der Waals surface area contributed by atoms with E-state index >= 15 is 0 Å². The van der Waals surface area contributed by atoms with Crippen molar-refractivity contribution in [2.24, 2.45) is 0 Å². The van der Waals surface area contributed by atoms with Crippen molar-refractivity contribution in [2.45, 2.75) is 45.7 Å². The first kappa shape index (κ1) is 22.2. The molecule has 1 fully saturated rings. The minimum absolute atomic E-state index is 0.0293. The van der Waals surface area contributed by atoms with Crippen LogP contribution in [0.3, 0.4) is 0 Å². The van der Waals surface area contributed by atoms with Gasteiger partial charge >= 0.3 is 0 Å². The first-order valence-corrected chi connectivity index (χ1v) is 12.1. The fourth-order valence-corrected chi connectivity index (χ4v) is 4.90. The Kier molecular flexibility index (Phi) is 5.86. The Hall–Kier alpha value is -3.60. The smallest absolute Gasteiger partial charge is 0.246 e. The maximum Gasteiger partial charge on any atom is 0.246 e. The van der Waals surface area contributed by atoms with Crippen molar-refractivity contribution in [3.8, 4) is 0 Å². The molecular weight excluding hydrogens is 420 g/mol. The van der Waals surface area contributed by atoms with E-state index in [1.54, 1.807) is 0 Å². The Labute approximate surface area is 200 Å². The van der Waals surface area contributed by atoms with E-state index < -0.39 is 6.04 Å². The van der Waals surface area contributed by atoms with Gasteiger partial charge in [0.25, 0.3) is 0 Å². The molecule has 1 N–H and O–H groups in total. The van der Waals surface area contributed by atoms with Crippen molar-refractivity contribution in [1.29, 1.82) is 5.41 Å². The Morgan fingerprint density at radius 3 is 1.97 bits per heavy atom. The lowest BCUT2D eigenvalue weighted by Gasteiger charge is -2.34. The molecule has 1 amide bonds. The zero-order valence-corrected chi connectivity index (χ0v) is 20.2. The van der Waals surface area contributed by atoms with Crippen molar-refractivity contribution in [3.63, 3.8) is 0 Å². The van der Waals surface area contributed by atoms with Crippen LogP contribution in [0.1, 0.15) is 47.7 Å². The lowest BCUT2D eigenvalue weighted by atomic mass is 10.0. The molecule has 0 radical (unpaired) electrons. The van der Waals surface area contributed by atoms with Gasteiger partial charge < -0.3 is 9.47 Å². The highest BCUT2D eigenvalue weighted by atomic mass is 16.2. The molecule has 3 aromatic carbocycles. The number of carbonyl (C=O) groups is 1. The second-order valence-electron chi connectivity index (χ2n) is 9.52. The molecule has 2 heterocycles. The molecule has 4 aromatic rings. The SMILES string of the molecule is Cc1ccc(CC(C(=O)N2CCC2)n2c(=N)n(C(C)c3ccc(C)cc3)c3ccccc32)cc1. The summed E-state index contributed by atoms with van der Waals surface area (Å²) < 4.78 is 4.02. The van der Waals surface area contributed by atoms with Gasteiger partial charge in [-0.05, 0) is 50.5 Å². The van der Waals surface area contributed by atoms with Gasteiger partial charge in [0, 0.05) is 19.5 Å². The monoisotopic (exact) mass is 452 g/mol. The van der Waals surface area contributed by atoms with Gasteiger partial charge in [-0.25, -0.2) is 0 Å². The normalized spacial score (nSPS) is 15.2. The maximum atomic E-state index is 13.7. The van der Waals surface area contributed by atoms with Gasteiger partial charge in [0.2, 0.25) is 11.5 Å². The summed E-state index contributed by atoms with van der Waals surface area (Å²) >= 11 is 0. The molecule has 34 heavy (non-hydrogen) atoms. The van der Waals surface area contributed by atoms with E-state index in [0.717, 1.165) is 41.7 Å². The number of fused-ring (bicyclic) bond motifs is 1. The number of rotatable bonds is 6. The average molecular weight is 453 g/mol. The molecule has 5 nitrogen and oxygen atoms in total. The fraction of sp³-hybridized carbons (Fsp3) is 0.310. The Balaban J connectivity index is 1.65. The highest BCUT2D eigenvalue weighted by Gasteiger charge is 2.32. The number of imidazole rings is 1. The summed E-state index contributed by atoms with van der Waals surface area (Å²) in [6.45, 7) is 7.89. The van der Waals surface area contributed by atoms with Crippen molar-refractivity contribution in [3.05, 3.63) is 101 Å². The Morgan fingerprint density at radius 1 is 0.853 bits per heavy atom. The van der Waals surface area contributed by atoms with Crippen LogP contribution in [0.5, 0.6) is 0 Å². The van der Waals surface area contributed by atoms with E-state index in [1.807, 2.05) is 27.7 Å². The van der Waals surface area contributed by atoms with Crippen LogP contribution in [-0.4, -0.2) is 33.0 Å². The van der Waals surface area contributed by atoms with Crippen molar-refractivity contribution < 1.29 is 4.79 Å². The molecule has 5 rings (SSSR count). The van der Waals surface area contributed by atoms with Crippen LogP contribution in [0.2, 0.25) is 0 Å². The molecule has 1 saturated heterocycles. The first-order valence-electron chi connectivity index (χ1n) is 12.1. The third-order valence-electron chi connectivity index (χ3n) is 7.12. The quantitative estimate of drug-likeness (QED) is 0.431. The van der Waals surface area contributed by atoms with Crippen LogP contribution in [0, 0.1) is 19.3 Å². The predicted octanol–water partition coefficient (Wildman–Crippen LogP) is 5.16. The summed E-state index contributed by atoms with van der Waals surface area (Å²) in [5.74, 6) is 0.108. The molecule has 1 aliphatic rings. The molecular formula is C29H32N4O. The first-order chi connectivity index (χ1) is 16.4. The molecule has 1 aliphatic heterocycles. The molecule has 174 valence electrons. The summed E-state index contributed by atoms with van der Waals surface area (Å²) in [5.41, 5.74) is 6.94. The molecule has 0 aliphatic carbocycles. The van der Waals surface area contributed by atoms with Crippen LogP contribution in [-0.2, 0) is 11.2 Å². The number of hydrogen-bond acceptors (Lipinski definition) is 2. The Bertz CT molecular complexity index is 1370. The van der Waals surface area contributed by atoms with Crippen molar-refractivity contribution >= 4 is 16.9 Å². The van der Waals surface area contributed by atoms with E-state index in [0.29, 0.717) is 12.0 Å². The number of hydrogen-bond donors (Lipinski definition) is 1. The molecule has 0 bridgehead atoms. The summed E-state index contributed by atoms with van der Waals surface area (Å²) in [7, 11) is 0. The lowest BCUT2D eigenvalue weighted by Crippen LogP contribution is -2.48. The number of para-hydroxylation sites is 2. The largest absolute Gasteiger partial charge is 0.341 e. The minimum atomic E-state index is -0.452. The number of benzene rings is 3. The van der Waals surface area contributed by atoms with Gasteiger partial charge in [-0.2, -0.15) is 0 Å². The van der Waals surface area contributed by atoms with E-state index in [2.05, 4.69) is 79.9 Å². The second-order valence-corrected chi connectivity index (χ2v) is 9.52. The van der Waals surface area contributed by atoms with Gasteiger partial charge in [-0.15, -0.1) is 0 Å². The second kappa shape index (κ2) is 8.98. The van der Waals surface area contributed by atoms with Gasteiger partial charge in [0.1, 0.15) is 6.04 Å². The number of nitrogens with one attached hydrogen (secondary N) is 1. The van der Waals surface area contributed by atoms with E-state index in [9.17, 15) is 10.2 Å². The van der Waals surface area contributed by atoms with Crippen molar-refractivity contribution in [1.82, 2.24) is 14.0 Å². The molecule has 0 saturated carbocycles. The van der Waals surface area contributed by atoms with Crippen molar-refractivity contribution in [2.75, 3.05) is 13.1 Å². The third-order valence-corrected chi connectivity index (χ3v) is 7.12. The van der Waals surface area contributed by atoms with Gasteiger partial charge in [-0.1, -0.05) is 71.8 Å². The standard InChI is InChI=1S/C29H32N4O/c1-20-9-13-23(14-10-20)19-27(28(34)31-17-6-18-31)33-26-8-5-4-7-25(26)32(29(33)30)22(3)24-15-11-21(2)12-16-24/h4-5,7-16,22,27,30H,6,17-19H2,1-3H3. The molecule has 2 atom stereocenters.